The zero-order chi connectivity index (χ0) is 14.2. The fourth-order valence-corrected chi connectivity index (χ4v) is 2.30. The predicted octanol–water partition coefficient (Wildman–Crippen LogP) is 4.26. The van der Waals surface area contributed by atoms with Gasteiger partial charge in [-0.2, -0.15) is 0 Å². The van der Waals surface area contributed by atoms with Gasteiger partial charge in [-0.05, 0) is 24.3 Å². The summed E-state index contributed by atoms with van der Waals surface area (Å²) in [5.41, 5.74) is 2.30. The highest BCUT2D eigenvalue weighted by Gasteiger charge is 2.13. The molecule has 5 heteroatoms. The molecule has 0 amide bonds. The Bertz CT molecular complexity index is 948. The second kappa shape index (κ2) is 4.56. The largest absolute Gasteiger partial charge is 0.450 e. The standard InChI is InChI=1S/C16H10FN3O/c17-11-6-2-3-7-12(11)20-16-15-14(18-9-19-16)10-5-1-4-8-13(10)21-15/h1-9H,(H,18,19,20). The molecule has 21 heavy (non-hydrogen) atoms. The highest BCUT2D eigenvalue weighted by molar-refractivity contribution is 6.05. The second-order valence-electron chi connectivity index (χ2n) is 4.60. The van der Waals surface area contributed by atoms with Gasteiger partial charge in [0.15, 0.2) is 11.4 Å². The van der Waals surface area contributed by atoms with Crippen LogP contribution in [0.25, 0.3) is 22.1 Å². The molecular weight excluding hydrogens is 269 g/mol. The molecule has 0 unspecified atom stereocenters. The fraction of sp³-hybridized carbons (Fsp3) is 0. The first-order valence-corrected chi connectivity index (χ1v) is 6.47. The number of para-hydroxylation sites is 2. The number of rotatable bonds is 2. The van der Waals surface area contributed by atoms with Gasteiger partial charge < -0.3 is 9.73 Å². The van der Waals surface area contributed by atoms with E-state index in [1.54, 1.807) is 18.2 Å². The van der Waals surface area contributed by atoms with Crippen molar-refractivity contribution in [3.05, 3.63) is 60.7 Å². The Labute approximate surface area is 119 Å². The maximum atomic E-state index is 13.7. The van der Waals surface area contributed by atoms with E-state index in [2.05, 4.69) is 15.3 Å². The van der Waals surface area contributed by atoms with Crippen LogP contribution < -0.4 is 5.32 Å². The molecule has 0 saturated carbocycles. The van der Waals surface area contributed by atoms with Crippen LogP contribution in [0.2, 0.25) is 0 Å². The summed E-state index contributed by atoms with van der Waals surface area (Å²) in [7, 11) is 0. The van der Waals surface area contributed by atoms with Crippen molar-refractivity contribution in [3.8, 4) is 0 Å². The van der Waals surface area contributed by atoms with Gasteiger partial charge in [-0.15, -0.1) is 0 Å². The van der Waals surface area contributed by atoms with Gasteiger partial charge in [-0.25, -0.2) is 14.4 Å². The van der Waals surface area contributed by atoms with Crippen LogP contribution in [0, 0.1) is 5.82 Å². The Hall–Kier alpha value is -2.95. The van der Waals surface area contributed by atoms with Crippen LogP contribution >= 0.6 is 0 Å². The molecule has 4 nitrogen and oxygen atoms in total. The minimum absolute atomic E-state index is 0.345. The number of anilines is 2. The van der Waals surface area contributed by atoms with Crippen molar-refractivity contribution >= 4 is 33.6 Å². The summed E-state index contributed by atoms with van der Waals surface area (Å²) in [4.78, 5) is 8.41. The molecule has 0 aliphatic heterocycles. The van der Waals surface area contributed by atoms with Gasteiger partial charge in [-0.3, -0.25) is 0 Å². The minimum Gasteiger partial charge on any atom is -0.450 e. The molecule has 0 spiro atoms. The van der Waals surface area contributed by atoms with E-state index in [1.807, 2.05) is 24.3 Å². The van der Waals surface area contributed by atoms with Crippen molar-refractivity contribution in [2.75, 3.05) is 5.32 Å². The predicted molar refractivity (Wildman–Crippen MR) is 79.0 cm³/mol. The maximum absolute atomic E-state index is 13.7. The monoisotopic (exact) mass is 279 g/mol. The molecule has 2 heterocycles. The van der Waals surface area contributed by atoms with Crippen LogP contribution in [-0.4, -0.2) is 9.97 Å². The van der Waals surface area contributed by atoms with Gasteiger partial charge in [0.25, 0.3) is 0 Å². The molecule has 0 fully saturated rings. The number of hydrogen-bond acceptors (Lipinski definition) is 4. The van der Waals surface area contributed by atoms with Crippen LogP contribution in [0.5, 0.6) is 0 Å². The number of halogens is 1. The first-order chi connectivity index (χ1) is 10.3. The van der Waals surface area contributed by atoms with E-state index in [4.69, 9.17) is 4.42 Å². The molecule has 2 aromatic heterocycles. The number of furan rings is 1. The smallest absolute Gasteiger partial charge is 0.196 e. The third-order valence-corrected chi connectivity index (χ3v) is 3.28. The van der Waals surface area contributed by atoms with Crippen molar-refractivity contribution in [3.63, 3.8) is 0 Å². The molecular formula is C16H10FN3O. The van der Waals surface area contributed by atoms with Crippen LogP contribution in [-0.2, 0) is 0 Å². The Balaban J connectivity index is 1.91. The number of aromatic nitrogens is 2. The highest BCUT2D eigenvalue weighted by Crippen LogP contribution is 2.31. The molecule has 0 bridgehead atoms. The van der Waals surface area contributed by atoms with Crippen LogP contribution in [0.1, 0.15) is 0 Å². The lowest BCUT2D eigenvalue weighted by atomic mass is 10.2. The van der Waals surface area contributed by atoms with Gasteiger partial charge in [0.2, 0.25) is 0 Å². The van der Waals surface area contributed by atoms with Crippen molar-refractivity contribution in [1.82, 2.24) is 9.97 Å². The molecule has 0 saturated heterocycles. The van der Waals surface area contributed by atoms with Crippen molar-refractivity contribution in [2.24, 2.45) is 0 Å². The number of fused-ring (bicyclic) bond motifs is 3. The molecule has 102 valence electrons. The van der Waals surface area contributed by atoms with E-state index in [9.17, 15) is 4.39 Å². The Morgan fingerprint density at radius 2 is 1.76 bits per heavy atom. The molecule has 0 aliphatic rings. The molecule has 1 N–H and O–H groups in total. The second-order valence-corrected chi connectivity index (χ2v) is 4.60. The van der Waals surface area contributed by atoms with E-state index in [0.717, 1.165) is 11.0 Å². The summed E-state index contributed by atoms with van der Waals surface area (Å²) < 4.78 is 19.5. The summed E-state index contributed by atoms with van der Waals surface area (Å²) >= 11 is 0. The first kappa shape index (κ1) is 11.8. The van der Waals surface area contributed by atoms with Gasteiger partial charge >= 0.3 is 0 Å². The van der Waals surface area contributed by atoms with E-state index < -0.39 is 0 Å². The zero-order valence-electron chi connectivity index (χ0n) is 10.9. The Morgan fingerprint density at radius 1 is 0.952 bits per heavy atom. The van der Waals surface area contributed by atoms with E-state index >= 15 is 0 Å². The lowest BCUT2D eigenvalue weighted by Crippen LogP contribution is -1.96. The normalized spacial score (nSPS) is 11.1. The molecule has 0 radical (unpaired) electrons. The highest BCUT2D eigenvalue weighted by atomic mass is 19.1. The zero-order valence-corrected chi connectivity index (χ0v) is 10.9. The number of nitrogens with zero attached hydrogens (tertiary/aromatic N) is 2. The molecule has 2 aromatic carbocycles. The van der Waals surface area contributed by atoms with Gasteiger partial charge in [0.05, 0.1) is 5.69 Å². The third kappa shape index (κ3) is 1.90. The van der Waals surface area contributed by atoms with Gasteiger partial charge in [0, 0.05) is 5.39 Å². The van der Waals surface area contributed by atoms with Crippen molar-refractivity contribution < 1.29 is 8.81 Å². The summed E-state index contributed by atoms with van der Waals surface area (Å²) in [5, 5.41) is 3.87. The Morgan fingerprint density at radius 3 is 2.67 bits per heavy atom. The van der Waals surface area contributed by atoms with Gasteiger partial charge in [0.1, 0.15) is 23.2 Å². The molecule has 0 atom stereocenters. The van der Waals surface area contributed by atoms with Crippen molar-refractivity contribution in [1.29, 1.82) is 0 Å². The third-order valence-electron chi connectivity index (χ3n) is 3.28. The fourth-order valence-electron chi connectivity index (χ4n) is 2.30. The number of hydrogen-bond donors (Lipinski definition) is 1. The molecule has 4 rings (SSSR count). The molecule has 4 aromatic rings. The summed E-state index contributed by atoms with van der Waals surface area (Å²) in [6.07, 6.45) is 1.44. The Kier molecular flexibility index (Phi) is 2.57. The van der Waals surface area contributed by atoms with Gasteiger partial charge in [-0.1, -0.05) is 24.3 Å². The number of benzene rings is 2. The maximum Gasteiger partial charge on any atom is 0.196 e. The SMILES string of the molecule is Fc1ccccc1Nc1ncnc2c1oc1ccccc12. The van der Waals surface area contributed by atoms with Crippen LogP contribution in [0.4, 0.5) is 15.9 Å². The van der Waals surface area contributed by atoms with Crippen molar-refractivity contribution in [2.45, 2.75) is 0 Å². The summed E-state index contributed by atoms with van der Waals surface area (Å²) in [6.45, 7) is 0. The van der Waals surface area contributed by atoms with E-state index in [1.165, 1.54) is 12.4 Å². The first-order valence-electron chi connectivity index (χ1n) is 6.47. The molecule has 0 aliphatic carbocycles. The lowest BCUT2D eigenvalue weighted by Gasteiger charge is -2.06. The quantitative estimate of drug-likeness (QED) is 0.595. The topological polar surface area (TPSA) is 51.0 Å². The minimum atomic E-state index is -0.347. The lowest BCUT2D eigenvalue weighted by molar-refractivity contribution is 0.631. The van der Waals surface area contributed by atoms with E-state index in [-0.39, 0.29) is 5.82 Å². The van der Waals surface area contributed by atoms with E-state index in [0.29, 0.717) is 22.6 Å². The van der Waals surface area contributed by atoms with Crippen LogP contribution in [0.3, 0.4) is 0 Å². The average Bonchev–Trinajstić information content (AvgIpc) is 2.89. The summed E-state index contributed by atoms with van der Waals surface area (Å²) in [6, 6.07) is 14.0. The van der Waals surface area contributed by atoms with Crippen LogP contribution in [0.15, 0.2) is 59.3 Å². The summed E-state index contributed by atoms with van der Waals surface area (Å²) in [5.74, 6) is 0.0988. The number of nitrogens with one attached hydrogen (secondary N) is 1. The average molecular weight is 279 g/mol.